The second-order valence-corrected chi connectivity index (χ2v) is 7.27. The molecule has 3 heterocycles. The Labute approximate surface area is 152 Å². The molecular formula is C21H19N5. The number of nitriles is 2. The van der Waals surface area contributed by atoms with E-state index >= 15 is 0 Å². The van der Waals surface area contributed by atoms with Gasteiger partial charge in [-0.1, -0.05) is 12.1 Å². The molecule has 128 valence electrons. The molecule has 1 aliphatic heterocycles. The van der Waals surface area contributed by atoms with Crippen LogP contribution in [0.2, 0.25) is 0 Å². The molecule has 0 bridgehead atoms. The van der Waals surface area contributed by atoms with Gasteiger partial charge in [0.1, 0.15) is 11.9 Å². The van der Waals surface area contributed by atoms with Crippen LogP contribution < -0.4 is 4.90 Å². The third-order valence-corrected chi connectivity index (χ3v) is 5.87. The molecule has 26 heavy (non-hydrogen) atoms. The first-order valence-electron chi connectivity index (χ1n) is 9.31. The van der Waals surface area contributed by atoms with E-state index in [1.807, 2.05) is 18.2 Å². The highest BCUT2D eigenvalue weighted by Gasteiger charge is 2.30. The standard InChI is InChI=1S/C21H19N5/c22-12-14-8-10-25(11-9-14)21-16-5-3-4-15(16)17(13-23)20-24-18-6-1-2-7-19(18)26(20)21/h1-2,6-7,14H,3-5,8-11H2. The van der Waals surface area contributed by atoms with Crippen molar-refractivity contribution in [3.05, 3.63) is 41.0 Å². The van der Waals surface area contributed by atoms with E-state index < -0.39 is 0 Å². The van der Waals surface area contributed by atoms with Crippen LogP contribution in [-0.4, -0.2) is 22.5 Å². The summed E-state index contributed by atoms with van der Waals surface area (Å²) >= 11 is 0. The lowest BCUT2D eigenvalue weighted by Gasteiger charge is -2.33. The van der Waals surface area contributed by atoms with E-state index in [-0.39, 0.29) is 5.92 Å². The molecule has 0 radical (unpaired) electrons. The lowest BCUT2D eigenvalue weighted by Crippen LogP contribution is -2.35. The minimum atomic E-state index is 0.160. The maximum absolute atomic E-state index is 9.84. The van der Waals surface area contributed by atoms with Crippen molar-refractivity contribution in [3.8, 4) is 12.1 Å². The minimum Gasteiger partial charge on any atom is -0.357 e. The highest BCUT2D eigenvalue weighted by Crippen LogP contribution is 2.39. The van der Waals surface area contributed by atoms with Gasteiger partial charge in [-0.15, -0.1) is 0 Å². The Hall–Kier alpha value is -3.05. The smallest absolute Gasteiger partial charge is 0.157 e. The fourth-order valence-corrected chi connectivity index (χ4v) is 4.61. The summed E-state index contributed by atoms with van der Waals surface area (Å²) < 4.78 is 2.20. The summed E-state index contributed by atoms with van der Waals surface area (Å²) in [6, 6.07) is 13.0. The molecule has 5 nitrogen and oxygen atoms in total. The van der Waals surface area contributed by atoms with Crippen LogP contribution in [0.5, 0.6) is 0 Å². The Balaban J connectivity index is 1.82. The van der Waals surface area contributed by atoms with Gasteiger partial charge in [0.15, 0.2) is 5.65 Å². The summed E-state index contributed by atoms with van der Waals surface area (Å²) in [6.07, 6.45) is 4.87. The first kappa shape index (κ1) is 15.2. The zero-order chi connectivity index (χ0) is 17.7. The molecule has 0 spiro atoms. The second kappa shape index (κ2) is 5.75. The molecule has 3 aromatic rings. The third kappa shape index (κ3) is 2.04. The highest BCUT2D eigenvalue weighted by molar-refractivity contribution is 5.86. The fourth-order valence-electron chi connectivity index (χ4n) is 4.61. The van der Waals surface area contributed by atoms with Gasteiger partial charge in [-0.05, 0) is 55.4 Å². The average molecular weight is 341 g/mol. The topological polar surface area (TPSA) is 68.1 Å². The number of aromatic nitrogens is 2. The molecule has 0 amide bonds. The molecule has 1 saturated heterocycles. The Morgan fingerprint density at radius 1 is 1.04 bits per heavy atom. The number of fused-ring (bicyclic) bond motifs is 4. The van der Waals surface area contributed by atoms with E-state index in [2.05, 4.69) is 27.5 Å². The van der Waals surface area contributed by atoms with Crippen molar-refractivity contribution >= 4 is 22.5 Å². The molecule has 0 unspecified atom stereocenters. The zero-order valence-electron chi connectivity index (χ0n) is 14.6. The van der Waals surface area contributed by atoms with Crippen molar-refractivity contribution in [3.63, 3.8) is 0 Å². The molecule has 5 heteroatoms. The molecule has 1 aliphatic carbocycles. The lowest BCUT2D eigenvalue weighted by molar-refractivity contribution is 0.483. The summed E-state index contributed by atoms with van der Waals surface area (Å²) in [7, 11) is 0. The van der Waals surface area contributed by atoms with Crippen molar-refractivity contribution in [2.45, 2.75) is 32.1 Å². The van der Waals surface area contributed by atoms with Gasteiger partial charge < -0.3 is 4.90 Å². The molecular weight excluding hydrogens is 322 g/mol. The highest BCUT2D eigenvalue weighted by atomic mass is 15.2. The van der Waals surface area contributed by atoms with Crippen LogP contribution in [0.25, 0.3) is 16.7 Å². The monoisotopic (exact) mass is 341 g/mol. The van der Waals surface area contributed by atoms with Crippen molar-refractivity contribution < 1.29 is 0 Å². The molecule has 1 aromatic carbocycles. The predicted octanol–water partition coefficient (Wildman–Crippen LogP) is 3.59. The van der Waals surface area contributed by atoms with E-state index in [4.69, 9.17) is 4.98 Å². The Morgan fingerprint density at radius 2 is 1.81 bits per heavy atom. The van der Waals surface area contributed by atoms with Crippen LogP contribution in [0.3, 0.4) is 0 Å². The Morgan fingerprint density at radius 3 is 2.58 bits per heavy atom. The van der Waals surface area contributed by atoms with Crippen molar-refractivity contribution in [1.29, 1.82) is 10.5 Å². The Kier molecular flexibility index (Phi) is 3.36. The molecule has 0 N–H and O–H groups in total. The molecule has 2 aliphatic rings. The van der Waals surface area contributed by atoms with Gasteiger partial charge in [0.05, 0.1) is 22.7 Å². The molecule has 2 aromatic heterocycles. The van der Waals surface area contributed by atoms with E-state index in [0.29, 0.717) is 0 Å². The van der Waals surface area contributed by atoms with Gasteiger partial charge in [-0.3, -0.25) is 4.40 Å². The van der Waals surface area contributed by atoms with Crippen LogP contribution in [0.4, 0.5) is 5.82 Å². The van der Waals surface area contributed by atoms with E-state index in [1.54, 1.807) is 0 Å². The zero-order valence-corrected chi connectivity index (χ0v) is 14.6. The van der Waals surface area contributed by atoms with Gasteiger partial charge in [-0.25, -0.2) is 4.98 Å². The Bertz CT molecular complexity index is 1100. The second-order valence-electron chi connectivity index (χ2n) is 7.27. The molecule has 5 rings (SSSR count). The van der Waals surface area contributed by atoms with Crippen LogP contribution in [0.1, 0.15) is 36.0 Å². The predicted molar refractivity (Wildman–Crippen MR) is 100.0 cm³/mol. The summed E-state index contributed by atoms with van der Waals surface area (Å²) in [5, 5.41) is 19.1. The molecule has 0 saturated carbocycles. The maximum Gasteiger partial charge on any atom is 0.157 e. The van der Waals surface area contributed by atoms with Gasteiger partial charge >= 0.3 is 0 Å². The van der Waals surface area contributed by atoms with Crippen LogP contribution in [0, 0.1) is 28.6 Å². The van der Waals surface area contributed by atoms with E-state index in [9.17, 15) is 10.5 Å². The number of anilines is 1. The summed E-state index contributed by atoms with van der Waals surface area (Å²) in [4.78, 5) is 7.23. The van der Waals surface area contributed by atoms with Crippen LogP contribution >= 0.6 is 0 Å². The minimum absolute atomic E-state index is 0.160. The lowest BCUT2D eigenvalue weighted by atomic mass is 9.97. The number of piperidine rings is 1. The third-order valence-electron chi connectivity index (χ3n) is 5.87. The van der Waals surface area contributed by atoms with E-state index in [0.717, 1.165) is 67.4 Å². The van der Waals surface area contributed by atoms with Gasteiger partial charge in [0.25, 0.3) is 0 Å². The van der Waals surface area contributed by atoms with Crippen molar-refractivity contribution in [2.24, 2.45) is 5.92 Å². The fraction of sp³-hybridized carbons (Fsp3) is 0.381. The van der Waals surface area contributed by atoms with E-state index in [1.165, 1.54) is 16.9 Å². The number of benzene rings is 1. The normalized spacial score (nSPS) is 17.4. The largest absolute Gasteiger partial charge is 0.357 e. The van der Waals surface area contributed by atoms with Crippen LogP contribution in [-0.2, 0) is 12.8 Å². The van der Waals surface area contributed by atoms with Crippen molar-refractivity contribution in [1.82, 2.24) is 9.38 Å². The first-order chi connectivity index (χ1) is 12.8. The average Bonchev–Trinajstić information content (AvgIpc) is 3.31. The number of para-hydroxylation sites is 2. The molecule has 1 fully saturated rings. The summed E-state index contributed by atoms with van der Waals surface area (Å²) in [5.74, 6) is 1.37. The number of nitrogens with zero attached hydrogens (tertiary/aromatic N) is 5. The quantitative estimate of drug-likeness (QED) is 0.678. The number of rotatable bonds is 1. The van der Waals surface area contributed by atoms with Gasteiger partial charge in [-0.2, -0.15) is 10.5 Å². The molecule has 0 atom stereocenters. The summed E-state index contributed by atoms with van der Waals surface area (Å²) in [6.45, 7) is 1.77. The first-order valence-corrected chi connectivity index (χ1v) is 9.31. The number of hydrogen-bond acceptors (Lipinski definition) is 4. The number of imidazole rings is 1. The van der Waals surface area contributed by atoms with Crippen molar-refractivity contribution in [2.75, 3.05) is 18.0 Å². The van der Waals surface area contributed by atoms with Gasteiger partial charge in [0, 0.05) is 19.0 Å². The summed E-state index contributed by atoms with van der Waals surface area (Å²) in [5.41, 5.74) is 6.02. The maximum atomic E-state index is 9.84. The SMILES string of the molecule is N#Cc1c2c(c(N3CCC(C#N)CC3)n3c1nc1ccccc13)CCC2. The van der Waals surface area contributed by atoms with Crippen LogP contribution in [0.15, 0.2) is 24.3 Å². The number of hydrogen-bond donors (Lipinski definition) is 0. The number of pyridine rings is 1. The van der Waals surface area contributed by atoms with Gasteiger partial charge in [0.2, 0.25) is 0 Å².